The fourth-order valence-electron chi connectivity index (χ4n) is 3.52. The molecule has 0 aliphatic carbocycles. The maximum absolute atomic E-state index is 12.8. The van der Waals surface area contributed by atoms with Gasteiger partial charge in [0.15, 0.2) is 0 Å². The third-order valence-electron chi connectivity index (χ3n) is 5.11. The zero-order valence-electron chi connectivity index (χ0n) is 15.8. The third-order valence-corrected chi connectivity index (χ3v) is 6.55. The molecule has 3 rings (SSSR count). The van der Waals surface area contributed by atoms with Crippen molar-refractivity contribution in [2.24, 2.45) is 0 Å². The number of hydrogen-bond acceptors (Lipinski definition) is 6. The Kier molecular flexibility index (Phi) is 6.36. The van der Waals surface area contributed by atoms with Gasteiger partial charge in [-0.2, -0.15) is 0 Å². The van der Waals surface area contributed by atoms with Crippen molar-refractivity contribution in [2.45, 2.75) is 23.8 Å². The number of benzene rings is 1. The monoisotopic (exact) mass is 397 g/mol. The van der Waals surface area contributed by atoms with Crippen molar-refractivity contribution in [3.05, 3.63) is 23.8 Å². The van der Waals surface area contributed by atoms with Gasteiger partial charge in [-0.1, -0.05) is 0 Å². The first-order chi connectivity index (χ1) is 12.9. The lowest BCUT2D eigenvalue weighted by Gasteiger charge is -2.35. The van der Waals surface area contributed by atoms with Crippen molar-refractivity contribution in [2.75, 3.05) is 53.5 Å². The zero-order valence-corrected chi connectivity index (χ0v) is 16.6. The van der Waals surface area contributed by atoms with Gasteiger partial charge in [-0.15, -0.1) is 0 Å². The molecule has 0 saturated carbocycles. The van der Waals surface area contributed by atoms with E-state index in [1.807, 2.05) is 0 Å². The average molecular weight is 397 g/mol. The highest BCUT2D eigenvalue weighted by molar-refractivity contribution is 7.89. The molecule has 9 heteroatoms. The van der Waals surface area contributed by atoms with Crippen LogP contribution < -0.4 is 9.46 Å². The number of nitrogens with zero attached hydrogens (tertiary/aromatic N) is 2. The Morgan fingerprint density at radius 1 is 1.30 bits per heavy atom. The molecule has 2 aliphatic rings. The number of sulfonamides is 1. The molecule has 27 heavy (non-hydrogen) atoms. The molecule has 0 radical (unpaired) electrons. The van der Waals surface area contributed by atoms with E-state index in [1.165, 1.54) is 26.3 Å². The van der Waals surface area contributed by atoms with Gasteiger partial charge in [0.05, 0.1) is 13.2 Å². The maximum Gasteiger partial charge on any atom is 0.253 e. The van der Waals surface area contributed by atoms with Crippen molar-refractivity contribution in [3.63, 3.8) is 0 Å². The average Bonchev–Trinajstić information content (AvgIpc) is 3.20. The molecule has 1 N–H and O–H groups in total. The summed E-state index contributed by atoms with van der Waals surface area (Å²) in [5.74, 6) is 0.0456. The van der Waals surface area contributed by atoms with E-state index in [4.69, 9.17) is 9.47 Å². The normalized spacial score (nSPS) is 21.4. The summed E-state index contributed by atoms with van der Waals surface area (Å²) < 4.78 is 37.5. The lowest BCUT2D eigenvalue weighted by Crippen LogP contribution is -2.50. The number of amides is 1. The van der Waals surface area contributed by atoms with Crippen LogP contribution in [0.5, 0.6) is 5.75 Å². The van der Waals surface area contributed by atoms with E-state index < -0.39 is 10.0 Å². The number of hydrogen-bond donors (Lipinski definition) is 1. The first-order valence-corrected chi connectivity index (χ1v) is 10.7. The Balaban J connectivity index is 1.67. The molecule has 0 spiro atoms. The van der Waals surface area contributed by atoms with Crippen LogP contribution in [0.15, 0.2) is 23.1 Å². The number of piperazine rings is 1. The van der Waals surface area contributed by atoms with Gasteiger partial charge in [0.2, 0.25) is 10.0 Å². The summed E-state index contributed by atoms with van der Waals surface area (Å²) in [4.78, 5) is 16.9. The SMILES string of the molecule is CNS(=O)(=O)c1cc(C(=O)N2CCN(CC3CCCO3)CC2)ccc1OC. The van der Waals surface area contributed by atoms with Crippen LogP contribution in [0, 0.1) is 0 Å². The van der Waals surface area contributed by atoms with Crippen molar-refractivity contribution < 1.29 is 22.7 Å². The topological polar surface area (TPSA) is 88.2 Å². The van der Waals surface area contributed by atoms with E-state index in [0.29, 0.717) is 24.8 Å². The second kappa shape index (κ2) is 8.55. The van der Waals surface area contributed by atoms with E-state index >= 15 is 0 Å². The van der Waals surface area contributed by atoms with Gasteiger partial charge in [-0.25, -0.2) is 13.1 Å². The fraction of sp³-hybridized carbons (Fsp3) is 0.611. The molecular weight excluding hydrogens is 370 g/mol. The Morgan fingerprint density at radius 2 is 2.04 bits per heavy atom. The minimum atomic E-state index is -3.72. The summed E-state index contributed by atoms with van der Waals surface area (Å²) in [5.41, 5.74) is 0.345. The number of methoxy groups -OCH3 is 1. The first-order valence-electron chi connectivity index (χ1n) is 9.19. The molecule has 1 amide bonds. The van der Waals surface area contributed by atoms with E-state index in [-0.39, 0.29) is 16.6 Å². The second-order valence-electron chi connectivity index (χ2n) is 6.80. The summed E-state index contributed by atoms with van der Waals surface area (Å²) in [7, 11) is -0.986. The molecule has 1 unspecified atom stereocenters. The second-order valence-corrected chi connectivity index (χ2v) is 8.66. The Hall–Kier alpha value is -1.68. The van der Waals surface area contributed by atoms with Gasteiger partial charge in [0.1, 0.15) is 10.6 Å². The number of rotatable bonds is 6. The van der Waals surface area contributed by atoms with E-state index in [1.54, 1.807) is 11.0 Å². The van der Waals surface area contributed by atoms with Crippen LogP contribution in [0.2, 0.25) is 0 Å². The number of carbonyl (C=O) groups is 1. The summed E-state index contributed by atoms with van der Waals surface area (Å²) in [6.45, 7) is 4.58. The predicted octanol–water partition coefficient (Wildman–Crippen LogP) is 0.540. The summed E-state index contributed by atoms with van der Waals surface area (Å²) in [5, 5.41) is 0. The molecule has 1 aromatic rings. The molecule has 1 aromatic carbocycles. The number of carbonyl (C=O) groups excluding carboxylic acids is 1. The highest BCUT2D eigenvalue weighted by Gasteiger charge is 2.27. The highest BCUT2D eigenvalue weighted by Crippen LogP contribution is 2.25. The van der Waals surface area contributed by atoms with Crippen molar-refractivity contribution >= 4 is 15.9 Å². The van der Waals surface area contributed by atoms with Gasteiger partial charge in [-0.05, 0) is 38.1 Å². The molecule has 2 aliphatic heterocycles. The molecule has 2 saturated heterocycles. The Bertz CT molecular complexity index is 769. The molecule has 2 heterocycles. The van der Waals surface area contributed by atoms with Gasteiger partial charge in [0.25, 0.3) is 5.91 Å². The molecule has 0 aromatic heterocycles. The van der Waals surface area contributed by atoms with Crippen LogP contribution in [0.3, 0.4) is 0 Å². The molecule has 1 atom stereocenters. The van der Waals surface area contributed by atoms with Crippen LogP contribution in [-0.4, -0.2) is 83.7 Å². The summed E-state index contributed by atoms with van der Waals surface area (Å²) >= 11 is 0. The Labute approximate surface area is 160 Å². The third kappa shape index (κ3) is 4.60. The van der Waals surface area contributed by atoms with Crippen LogP contribution >= 0.6 is 0 Å². The van der Waals surface area contributed by atoms with Crippen molar-refractivity contribution in [1.82, 2.24) is 14.5 Å². The van der Waals surface area contributed by atoms with Crippen LogP contribution in [0.4, 0.5) is 0 Å². The quantitative estimate of drug-likeness (QED) is 0.754. The van der Waals surface area contributed by atoms with E-state index in [0.717, 1.165) is 39.1 Å². The van der Waals surface area contributed by atoms with Crippen LogP contribution in [-0.2, 0) is 14.8 Å². The standard InChI is InChI=1S/C18H27N3O5S/c1-19-27(23,24)17-12-14(5-6-16(17)25-2)18(22)21-9-7-20(8-10-21)13-15-4-3-11-26-15/h5-6,12,15,19H,3-4,7-11,13H2,1-2H3. The van der Waals surface area contributed by atoms with Crippen molar-refractivity contribution in [3.8, 4) is 5.75 Å². The minimum absolute atomic E-state index is 0.0321. The molecular formula is C18H27N3O5S. The summed E-state index contributed by atoms with van der Waals surface area (Å²) in [6.07, 6.45) is 2.54. The lowest BCUT2D eigenvalue weighted by molar-refractivity contribution is 0.0432. The number of nitrogens with one attached hydrogen (secondary N) is 1. The lowest BCUT2D eigenvalue weighted by atomic mass is 10.1. The fourth-order valence-corrected chi connectivity index (χ4v) is 4.44. The van der Waals surface area contributed by atoms with Gasteiger partial charge >= 0.3 is 0 Å². The van der Waals surface area contributed by atoms with Gasteiger partial charge in [-0.3, -0.25) is 9.69 Å². The van der Waals surface area contributed by atoms with Crippen molar-refractivity contribution in [1.29, 1.82) is 0 Å². The van der Waals surface area contributed by atoms with E-state index in [2.05, 4.69) is 9.62 Å². The first kappa shape index (κ1) is 20.1. The smallest absolute Gasteiger partial charge is 0.253 e. The highest BCUT2D eigenvalue weighted by atomic mass is 32.2. The molecule has 0 bridgehead atoms. The molecule has 150 valence electrons. The predicted molar refractivity (Wildman–Crippen MR) is 101 cm³/mol. The van der Waals surface area contributed by atoms with Gasteiger partial charge in [0, 0.05) is 44.9 Å². The maximum atomic E-state index is 12.8. The van der Waals surface area contributed by atoms with Crippen LogP contribution in [0.1, 0.15) is 23.2 Å². The summed E-state index contributed by atoms with van der Waals surface area (Å²) in [6, 6.07) is 4.51. The zero-order chi connectivity index (χ0) is 19.4. The molecule has 8 nitrogen and oxygen atoms in total. The minimum Gasteiger partial charge on any atom is -0.495 e. The molecule has 2 fully saturated rings. The number of ether oxygens (including phenoxy) is 2. The Morgan fingerprint density at radius 3 is 2.63 bits per heavy atom. The largest absolute Gasteiger partial charge is 0.495 e. The van der Waals surface area contributed by atoms with Crippen LogP contribution in [0.25, 0.3) is 0 Å². The van der Waals surface area contributed by atoms with E-state index in [9.17, 15) is 13.2 Å². The van der Waals surface area contributed by atoms with Gasteiger partial charge < -0.3 is 14.4 Å².